The summed E-state index contributed by atoms with van der Waals surface area (Å²) in [6, 6.07) is 14.2. The molecule has 25 heavy (non-hydrogen) atoms. The maximum absolute atomic E-state index is 12.4. The SMILES string of the molecule is CS(=O)(=O)c1ccc(S(=O)(=O)Nc2nnc(-c3ccccc3)s2)cc1. The number of sulfonamides is 1. The molecule has 10 heteroatoms. The minimum Gasteiger partial charge on any atom is -0.253 e. The van der Waals surface area contributed by atoms with Gasteiger partial charge in [-0.25, -0.2) is 16.8 Å². The fraction of sp³-hybridized carbons (Fsp3) is 0.0667. The Morgan fingerprint density at radius 3 is 2.04 bits per heavy atom. The summed E-state index contributed by atoms with van der Waals surface area (Å²) in [6.45, 7) is 0. The van der Waals surface area contributed by atoms with Crippen LogP contribution in [0.5, 0.6) is 0 Å². The molecule has 0 unspecified atom stereocenters. The van der Waals surface area contributed by atoms with Crippen molar-refractivity contribution in [2.24, 2.45) is 0 Å². The molecule has 0 radical (unpaired) electrons. The fourth-order valence-corrected chi connectivity index (χ4v) is 4.61. The third-order valence-corrected chi connectivity index (χ3v) is 6.73. The lowest BCUT2D eigenvalue weighted by Crippen LogP contribution is -2.13. The maximum Gasteiger partial charge on any atom is 0.263 e. The molecule has 1 aromatic heterocycles. The van der Waals surface area contributed by atoms with Gasteiger partial charge in [-0.3, -0.25) is 4.72 Å². The van der Waals surface area contributed by atoms with Crippen LogP contribution in [0.1, 0.15) is 0 Å². The lowest BCUT2D eigenvalue weighted by molar-refractivity contribution is 0.597. The molecule has 0 aliphatic carbocycles. The summed E-state index contributed by atoms with van der Waals surface area (Å²) >= 11 is 1.11. The van der Waals surface area contributed by atoms with E-state index < -0.39 is 19.9 Å². The van der Waals surface area contributed by atoms with Crippen molar-refractivity contribution in [2.75, 3.05) is 11.0 Å². The molecule has 0 saturated carbocycles. The molecule has 1 heterocycles. The molecule has 1 N–H and O–H groups in total. The number of benzene rings is 2. The molecule has 2 aromatic carbocycles. The van der Waals surface area contributed by atoms with Gasteiger partial charge in [0.05, 0.1) is 9.79 Å². The van der Waals surface area contributed by atoms with Gasteiger partial charge in [-0.1, -0.05) is 41.7 Å². The number of nitrogens with one attached hydrogen (secondary N) is 1. The smallest absolute Gasteiger partial charge is 0.253 e. The Hall–Kier alpha value is -2.30. The molecule has 3 aromatic rings. The first kappa shape index (κ1) is 17.5. The first-order valence-electron chi connectivity index (χ1n) is 6.97. The first-order chi connectivity index (χ1) is 11.8. The zero-order chi connectivity index (χ0) is 18.1. The summed E-state index contributed by atoms with van der Waals surface area (Å²) in [5, 5.41) is 8.53. The van der Waals surface area contributed by atoms with Gasteiger partial charge in [0.25, 0.3) is 10.0 Å². The normalized spacial score (nSPS) is 12.0. The molecule has 0 spiro atoms. The van der Waals surface area contributed by atoms with E-state index in [2.05, 4.69) is 14.9 Å². The van der Waals surface area contributed by atoms with Crippen LogP contribution in [0.3, 0.4) is 0 Å². The molecule has 3 rings (SSSR count). The highest BCUT2D eigenvalue weighted by atomic mass is 32.2. The summed E-state index contributed by atoms with van der Waals surface area (Å²) < 4.78 is 50.0. The van der Waals surface area contributed by atoms with E-state index in [-0.39, 0.29) is 14.9 Å². The van der Waals surface area contributed by atoms with Crippen LogP contribution in [0.2, 0.25) is 0 Å². The summed E-state index contributed by atoms with van der Waals surface area (Å²) in [5.74, 6) is 0. The van der Waals surface area contributed by atoms with Gasteiger partial charge in [0.2, 0.25) is 5.13 Å². The molecule has 0 atom stereocenters. The van der Waals surface area contributed by atoms with Crippen molar-refractivity contribution in [1.82, 2.24) is 10.2 Å². The summed E-state index contributed by atoms with van der Waals surface area (Å²) in [5.41, 5.74) is 0.836. The second kappa shape index (κ2) is 6.54. The van der Waals surface area contributed by atoms with Crippen molar-refractivity contribution in [3.8, 4) is 10.6 Å². The topological polar surface area (TPSA) is 106 Å². The largest absolute Gasteiger partial charge is 0.263 e. The van der Waals surface area contributed by atoms with E-state index in [0.29, 0.717) is 5.01 Å². The van der Waals surface area contributed by atoms with Crippen LogP contribution in [0.25, 0.3) is 10.6 Å². The van der Waals surface area contributed by atoms with Gasteiger partial charge >= 0.3 is 0 Å². The standard InChI is InChI=1S/C15H13N3O4S3/c1-24(19,20)12-7-9-13(10-8-12)25(21,22)18-15-17-16-14(23-15)11-5-3-2-4-6-11/h2-10H,1H3,(H,17,18). The van der Waals surface area contributed by atoms with Crippen molar-refractivity contribution >= 4 is 36.3 Å². The zero-order valence-electron chi connectivity index (χ0n) is 12.9. The van der Waals surface area contributed by atoms with Gasteiger partial charge in [-0.05, 0) is 24.3 Å². The van der Waals surface area contributed by atoms with Crippen molar-refractivity contribution in [1.29, 1.82) is 0 Å². The van der Waals surface area contributed by atoms with Crippen LogP contribution in [0, 0.1) is 0 Å². The van der Waals surface area contributed by atoms with Gasteiger partial charge in [0.15, 0.2) is 9.84 Å². The number of rotatable bonds is 5. The number of sulfone groups is 1. The van der Waals surface area contributed by atoms with Gasteiger partial charge < -0.3 is 0 Å². The van der Waals surface area contributed by atoms with Crippen LogP contribution >= 0.6 is 11.3 Å². The summed E-state index contributed by atoms with van der Waals surface area (Å²) in [7, 11) is -7.27. The van der Waals surface area contributed by atoms with Crippen molar-refractivity contribution in [3.05, 3.63) is 54.6 Å². The maximum atomic E-state index is 12.4. The highest BCUT2D eigenvalue weighted by molar-refractivity contribution is 7.93. The van der Waals surface area contributed by atoms with Crippen LogP contribution in [0.4, 0.5) is 5.13 Å². The molecule has 0 aliphatic rings. The minimum atomic E-state index is -3.88. The second-order valence-corrected chi connectivity index (χ2v) is 9.80. The Morgan fingerprint density at radius 1 is 0.840 bits per heavy atom. The van der Waals surface area contributed by atoms with E-state index in [4.69, 9.17) is 0 Å². The fourth-order valence-electron chi connectivity index (χ4n) is 2.00. The predicted molar refractivity (Wildman–Crippen MR) is 95.7 cm³/mol. The van der Waals surface area contributed by atoms with E-state index in [9.17, 15) is 16.8 Å². The lowest BCUT2D eigenvalue weighted by atomic mass is 10.2. The molecule has 0 amide bonds. The predicted octanol–water partition coefficient (Wildman–Crippen LogP) is 2.41. The average Bonchev–Trinajstić information content (AvgIpc) is 3.03. The highest BCUT2D eigenvalue weighted by Gasteiger charge is 2.18. The Kier molecular flexibility index (Phi) is 4.58. The number of hydrogen-bond donors (Lipinski definition) is 1. The second-order valence-electron chi connectivity index (χ2n) is 5.13. The molecular formula is C15H13N3O4S3. The van der Waals surface area contributed by atoms with Gasteiger partial charge in [-0.15, -0.1) is 10.2 Å². The van der Waals surface area contributed by atoms with Crippen molar-refractivity contribution < 1.29 is 16.8 Å². The van der Waals surface area contributed by atoms with Crippen LogP contribution in [-0.4, -0.2) is 33.3 Å². The van der Waals surface area contributed by atoms with Gasteiger partial charge in [-0.2, -0.15) is 0 Å². The summed E-state index contributed by atoms with van der Waals surface area (Å²) in [6.07, 6.45) is 1.06. The Bertz CT molecular complexity index is 1090. The third-order valence-electron chi connectivity index (χ3n) is 3.23. The molecule has 0 saturated heterocycles. The van der Waals surface area contributed by atoms with Gasteiger partial charge in [0, 0.05) is 11.8 Å². The third kappa shape index (κ3) is 4.03. The average molecular weight is 395 g/mol. The zero-order valence-corrected chi connectivity index (χ0v) is 15.4. The van der Waals surface area contributed by atoms with Crippen LogP contribution in [-0.2, 0) is 19.9 Å². The number of nitrogens with zero attached hydrogens (tertiary/aromatic N) is 2. The van der Waals surface area contributed by atoms with Crippen molar-refractivity contribution in [3.63, 3.8) is 0 Å². The Balaban J connectivity index is 1.84. The molecule has 0 bridgehead atoms. The molecule has 0 fully saturated rings. The quantitative estimate of drug-likeness (QED) is 0.711. The Labute approximate surface area is 149 Å². The minimum absolute atomic E-state index is 0.0497. The van der Waals surface area contributed by atoms with Crippen LogP contribution in [0.15, 0.2) is 64.4 Å². The molecule has 130 valence electrons. The first-order valence-corrected chi connectivity index (χ1v) is 11.2. The molecule has 0 aliphatic heterocycles. The van der Waals surface area contributed by atoms with E-state index in [1.54, 1.807) is 0 Å². The monoisotopic (exact) mass is 395 g/mol. The van der Waals surface area contributed by atoms with E-state index in [1.165, 1.54) is 24.3 Å². The van der Waals surface area contributed by atoms with E-state index in [1.807, 2.05) is 30.3 Å². The van der Waals surface area contributed by atoms with E-state index >= 15 is 0 Å². The van der Waals surface area contributed by atoms with E-state index in [0.717, 1.165) is 23.2 Å². The summed E-state index contributed by atoms with van der Waals surface area (Å²) in [4.78, 5) is -0.00918. The van der Waals surface area contributed by atoms with Gasteiger partial charge in [0.1, 0.15) is 5.01 Å². The highest BCUT2D eigenvalue weighted by Crippen LogP contribution is 2.27. The number of aromatic nitrogens is 2. The molecular weight excluding hydrogens is 382 g/mol. The molecule has 7 nitrogen and oxygen atoms in total. The van der Waals surface area contributed by atoms with Crippen LogP contribution < -0.4 is 4.72 Å². The lowest BCUT2D eigenvalue weighted by Gasteiger charge is -2.05. The van der Waals surface area contributed by atoms with Crippen molar-refractivity contribution in [2.45, 2.75) is 9.79 Å². The Morgan fingerprint density at radius 2 is 1.44 bits per heavy atom. The number of anilines is 1. The number of hydrogen-bond acceptors (Lipinski definition) is 7.